The molecule has 0 spiro atoms. The molecule has 0 aliphatic carbocycles. The van der Waals surface area contributed by atoms with Crippen LogP contribution < -0.4 is 16.0 Å². The molecule has 164 valence electrons. The molecule has 3 aromatic rings. The van der Waals surface area contributed by atoms with Crippen molar-refractivity contribution < 1.29 is 9.59 Å². The van der Waals surface area contributed by atoms with Gasteiger partial charge < -0.3 is 10.6 Å². The fourth-order valence-corrected chi connectivity index (χ4v) is 3.07. The Morgan fingerprint density at radius 1 is 1.00 bits per heavy atom. The smallest absolute Gasteiger partial charge is 0.258 e. The molecule has 3 rings (SSSR count). The fraction of sp³-hybridized carbons (Fsp3) is 0.167. The molecular weight excluding hydrogens is 426 g/mol. The summed E-state index contributed by atoms with van der Waals surface area (Å²) in [6, 6.07) is 14.3. The van der Waals surface area contributed by atoms with Gasteiger partial charge in [-0.2, -0.15) is 0 Å². The van der Waals surface area contributed by atoms with Gasteiger partial charge in [-0.05, 0) is 60.9 Å². The van der Waals surface area contributed by atoms with Crippen molar-refractivity contribution in [3.05, 3.63) is 88.2 Å². The van der Waals surface area contributed by atoms with Crippen molar-refractivity contribution in [2.24, 2.45) is 4.99 Å². The van der Waals surface area contributed by atoms with Crippen molar-refractivity contribution in [1.82, 2.24) is 10.3 Å². The number of rotatable bonds is 5. The molecule has 1 heterocycles. The fourth-order valence-electron chi connectivity index (χ4n) is 2.90. The number of aryl methyl sites for hydroxylation is 2. The van der Waals surface area contributed by atoms with Gasteiger partial charge in [-0.15, -0.1) is 0 Å². The zero-order valence-electron chi connectivity index (χ0n) is 18.1. The number of halogens is 1. The minimum absolute atomic E-state index is 0.206. The minimum Gasteiger partial charge on any atom is -0.326 e. The Hall–Kier alpha value is -3.71. The number of aromatic nitrogens is 1. The van der Waals surface area contributed by atoms with Crippen LogP contribution in [0.1, 0.15) is 34.0 Å². The molecule has 0 aliphatic rings. The summed E-state index contributed by atoms with van der Waals surface area (Å²) >= 11 is 6.14. The molecule has 0 bridgehead atoms. The van der Waals surface area contributed by atoms with Gasteiger partial charge in [0, 0.05) is 41.3 Å². The number of hydrogen-bond donors (Lipinski definition) is 3. The molecule has 3 N–H and O–H groups in total. The molecule has 2 aromatic carbocycles. The summed E-state index contributed by atoms with van der Waals surface area (Å²) < 4.78 is 0. The van der Waals surface area contributed by atoms with Crippen LogP contribution in [0.4, 0.5) is 11.4 Å². The maximum atomic E-state index is 13.0. The van der Waals surface area contributed by atoms with Gasteiger partial charge in [0.25, 0.3) is 5.91 Å². The second-order valence-corrected chi connectivity index (χ2v) is 7.71. The Bertz CT molecular complexity index is 1160. The minimum atomic E-state index is -0.367. The number of nitrogens with one attached hydrogen (secondary N) is 3. The van der Waals surface area contributed by atoms with Crippen LogP contribution in [0.25, 0.3) is 0 Å². The van der Waals surface area contributed by atoms with Crippen molar-refractivity contribution in [2.45, 2.75) is 27.3 Å². The highest BCUT2D eigenvalue weighted by atomic mass is 35.5. The topological polar surface area (TPSA) is 95.5 Å². The Morgan fingerprint density at radius 3 is 2.41 bits per heavy atom. The molecule has 0 saturated heterocycles. The van der Waals surface area contributed by atoms with Crippen LogP contribution in [-0.4, -0.2) is 22.8 Å². The van der Waals surface area contributed by atoms with Gasteiger partial charge in [-0.3, -0.25) is 19.9 Å². The van der Waals surface area contributed by atoms with Crippen LogP contribution in [0.15, 0.2) is 65.9 Å². The normalized spacial score (nSPS) is 11.1. The molecule has 0 radical (unpaired) electrons. The van der Waals surface area contributed by atoms with E-state index in [1.54, 1.807) is 42.7 Å². The number of carbonyl (C=O) groups excluding carboxylic acids is 2. The van der Waals surface area contributed by atoms with Gasteiger partial charge in [0.05, 0.1) is 6.54 Å². The number of hydrogen-bond acceptors (Lipinski definition) is 4. The molecular formula is C24H24ClN5O2. The molecule has 0 fully saturated rings. The van der Waals surface area contributed by atoms with Crippen LogP contribution in [0, 0.1) is 13.8 Å². The number of nitrogens with zero attached hydrogens (tertiary/aromatic N) is 2. The summed E-state index contributed by atoms with van der Waals surface area (Å²) in [4.78, 5) is 33.1. The van der Waals surface area contributed by atoms with Crippen LogP contribution >= 0.6 is 11.6 Å². The molecule has 2 amide bonds. The predicted molar refractivity (Wildman–Crippen MR) is 128 cm³/mol. The number of guanidine groups is 1. The molecule has 0 aliphatic heterocycles. The number of pyridine rings is 1. The first-order chi connectivity index (χ1) is 15.3. The first kappa shape index (κ1) is 23.0. The summed E-state index contributed by atoms with van der Waals surface area (Å²) in [6.07, 6.45) is 3.40. The van der Waals surface area contributed by atoms with Crippen LogP contribution in [0.5, 0.6) is 0 Å². The molecule has 32 heavy (non-hydrogen) atoms. The number of carbonyl (C=O) groups is 2. The largest absolute Gasteiger partial charge is 0.326 e. The van der Waals surface area contributed by atoms with E-state index in [4.69, 9.17) is 11.6 Å². The lowest BCUT2D eigenvalue weighted by Gasteiger charge is -2.15. The average molecular weight is 450 g/mol. The van der Waals surface area contributed by atoms with Gasteiger partial charge in [-0.1, -0.05) is 29.8 Å². The van der Waals surface area contributed by atoms with Gasteiger partial charge in [-0.25, -0.2) is 4.99 Å². The summed E-state index contributed by atoms with van der Waals surface area (Å²) in [5, 5.41) is 9.28. The Morgan fingerprint density at radius 2 is 1.72 bits per heavy atom. The lowest BCUT2D eigenvalue weighted by molar-refractivity contribution is -0.114. The third-order valence-electron chi connectivity index (χ3n) is 4.64. The van der Waals surface area contributed by atoms with Crippen molar-refractivity contribution in [2.75, 3.05) is 10.6 Å². The van der Waals surface area contributed by atoms with Gasteiger partial charge in [0.1, 0.15) is 0 Å². The number of aliphatic imine (C=N–C) groups is 1. The third-order valence-corrected chi connectivity index (χ3v) is 4.87. The van der Waals surface area contributed by atoms with E-state index in [9.17, 15) is 9.59 Å². The summed E-state index contributed by atoms with van der Waals surface area (Å²) in [6.45, 7) is 5.53. The average Bonchev–Trinajstić information content (AvgIpc) is 2.76. The highest BCUT2D eigenvalue weighted by Gasteiger charge is 2.13. The maximum Gasteiger partial charge on any atom is 0.258 e. The standard InChI is InChI=1S/C24H24ClN5O2/c1-15-6-8-19(11-21(15)28-17(3)31)23(32)30-24(27-14-18-5-4-10-26-13-18)29-22-12-20(25)9-7-16(22)2/h4-13H,14H2,1-3H3,(H,28,31)(H2,27,29,30,32). The first-order valence-corrected chi connectivity index (χ1v) is 10.4. The van der Waals surface area contributed by atoms with Gasteiger partial charge >= 0.3 is 0 Å². The number of amides is 2. The quantitative estimate of drug-likeness (QED) is 0.388. The number of benzene rings is 2. The van der Waals surface area contributed by atoms with Crippen LogP contribution in [0.3, 0.4) is 0 Å². The SMILES string of the molecule is CC(=O)Nc1cc(C(=O)NC(=NCc2cccnc2)Nc2cc(Cl)ccc2C)ccc1C. The number of anilines is 2. The van der Waals surface area contributed by atoms with E-state index in [1.165, 1.54) is 6.92 Å². The molecule has 0 atom stereocenters. The summed E-state index contributed by atoms with van der Waals surface area (Å²) in [5.74, 6) is -0.304. The third kappa shape index (κ3) is 6.39. The highest BCUT2D eigenvalue weighted by Crippen LogP contribution is 2.20. The Labute approximate surface area is 191 Å². The second-order valence-electron chi connectivity index (χ2n) is 7.28. The van der Waals surface area contributed by atoms with Crippen molar-refractivity contribution in [1.29, 1.82) is 0 Å². The Balaban J connectivity index is 1.86. The van der Waals surface area contributed by atoms with Crippen molar-refractivity contribution in [3.63, 3.8) is 0 Å². The van der Waals surface area contributed by atoms with E-state index in [2.05, 4.69) is 25.9 Å². The lowest BCUT2D eigenvalue weighted by Crippen LogP contribution is -2.36. The predicted octanol–water partition coefficient (Wildman–Crippen LogP) is 4.71. The summed E-state index contributed by atoms with van der Waals surface area (Å²) in [7, 11) is 0. The Kier molecular flexibility index (Phi) is 7.57. The lowest BCUT2D eigenvalue weighted by atomic mass is 10.1. The molecule has 0 saturated carbocycles. The van der Waals surface area contributed by atoms with E-state index in [0.717, 1.165) is 22.4 Å². The van der Waals surface area contributed by atoms with Crippen molar-refractivity contribution in [3.8, 4) is 0 Å². The van der Waals surface area contributed by atoms with Gasteiger partial charge in [0.15, 0.2) is 0 Å². The van der Waals surface area contributed by atoms with E-state index < -0.39 is 0 Å². The zero-order chi connectivity index (χ0) is 23.1. The highest BCUT2D eigenvalue weighted by molar-refractivity contribution is 6.31. The molecule has 0 unspecified atom stereocenters. The summed E-state index contributed by atoms with van der Waals surface area (Å²) in [5.41, 5.74) is 4.39. The molecule has 8 heteroatoms. The second kappa shape index (κ2) is 10.5. The van der Waals surface area contributed by atoms with E-state index in [-0.39, 0.29) is 17.8 Å². The first-order valence-electron chi connectivity index (χ1n) is 9.98. The van der Waals surface area contributed by atoms with E-state index in [0.29, 0.717) is 22.8 Å². The van der Waals surface area contributed by atoms with Crippen molar-refractivity contribution >= 4 is 40.7 Å². The van der Waals surface area contributed by atoms with E-state index >= 15 is 0 Å². The molecule has 1 aromatic heterocycles. The molecule has 7 nitrogen and oxygen atoms in total. The van der Waals surface area contributed by atoms with Crippen LogP contribution in [-0.2, 0) is 11.3 Å². The monoisotopic (exact) mass is 449 g/mol. The van der Waals surface area contributed by atoms with E-state index in [1.807, 2.05) is 32.0 Å². The van der Waals surface area contributed by atoms with Gasteiger partial charge in [0.2, 0.25) is 11.9 Å². The van der Waals surface area contributed by atoms with Crippen LogP contribution in [0.2, 0.25) is 5.02 Å². The maximum absolute atomic E-state index is 13.0. The zero-order valence-corrected chi connectivity index (χ0v) is 18.8.